The number of nitrogens with one attached hydrogen (secondary N) is 1. The van der Waals surface area contributed by atoms with E-state index in [2.05, 4.69) is 46.5 Å². The van der Waals surface area contributed by atoms with Crippen molar-refractivity contribution in [3.05, 3.63) is 48.3 Å². The first-order chi connectivity index (χ1) is 12.0. The molecule has 1 N–H and O–H groups in total. The summed E-state index contributed by atoms with van der Waals surface area (Å²) in [5.41, 5.74) is 1.27. The molecule has 1 aromatic carbocycles. The maximum Gasteiger partial charge on any atom is 0.323 e. The van der Waals surface area contributed by atoms with Crippen LogP contribution in [-0.2, 0) is 5.41 Å². The van der Waals surface area contributed by atoms with Gasteiger partial charge in [0.05, 0.1) is 0 Å². The molecular formula is C19H25N5O. The van der Waals surface area contributed by atoms with Crippen LogP contribution in [0.25, 0.3) is 0 Å². The van der Waals surface area contributed by atoms with Crippen molar-refractivity contribution in [1.82, 2.24) is 14.9 Å². The average Bonchev–Trinajstić information content (AvgIpc) is 2.63. The molecule has 1 fully saturated rings. The third-order valence-electron chi connectivity index (χ3n) is 4.80. The first-order valence-electron chi connectivity index (χ1n) is 8.59. The molecule has 1 aromatic heterocycles. The van der Waals surface area contributed by atoms with E-state index < -0.39 is 0 Å². The predicted molar refractivity (Wildman–Crippen MR) is 100.0 cm³/mol. The molecule has 25 heavy (non-hydrogen) atoms. The lowest BCUT2D eigenvalue weighted by atomic mass is 9.76. The summed E-state index contributed by atoms with van der Waals surface area (Å²) in [6.45, 7) is 3.70. The minimum Gasteiger partial charge on any atom is -0.363 e. The summed E-state index contributed by atoms with van der Waals surface area (Å²) < 4.78 is 0. The predicted octanol–water partition coefficient (Wildman–Crippen LogP) is 3.13. The molecule has 0 radical (unpaired) electrons. The van der Waals surface area contributed by atoms with Crippen molar-refractivity contribution < 1.29 is 4.79 Å². The van der Waals surface area contributed by atoms with Crippen LogP contribution in [0.1, 0.15) is 25.3 Å². The smallest absolute Gasteiger partial charge is 0.323 e. The van der Waals surface area contributed by atoms with Gasteiger partial charge in [0.1, 0.15) is 18.0 Å². The summed E-state index contributed by atoms with van der Waals surface area (Å²) in [7, 11) is 3.81. The Balaban J connectivity index is 1.71. The van der Waals surface area contributed by atoms with Gasteiger partial charge in [-0.25, -0.2) is 14.8 Å². The summed E-state index contributed by atoms with van der Waals surface area (Å²) >= 11 is 0. The highest BCUT2D eigenvalue weighted by atomic mass is 16.2. The molecule has 0 bridgehead atoms. The van der Waals surface area contributed by atoms with Crippen molar-refractivity contribution in [1.29, 1.82) is 0 Å². The number of nitrogens with zero attached hydrogens (tertiary/aromatic N) is 4. The fourth-order valence-electron chi connectivity index (χ4n) is 3.34. The van der Waals surface area contributed by atoms with Crippen LogP contribution >= 0.6 is 0 Å². The lowest BCUT2D eigenvalue weighted by Crippen LogP contribution is -2.48. The van der Waals surface area contributed by atoms with Gasteiger partial charge in [0, 0.05) is 38.7 Å². The highest BCUT2D eigenvalue weighted by Gasteiger charge is 2.34. The van der Waals surface area contributed by atoms with Crippen LogP contribution in [0.15, 0.2) is 42.7 Å². The molecule has 0 unspecified atom stereocenters. The minimum absolute atomic E-state index is 0.0165. The van der Waals surface area contributed by atoms with Crippen molar-refractivity contribution in [2.45, 2.75) is 25.2 Å². The number of amides is 2. The second kappa shape index (κ2) is 7.09. The van der Waals surface area contributed by atoms with Gasteiger partial charge in [-0.2, -0.15) is 0 Å². The Morgan fingerprint density at radius 3 is 2.72 bits per heavy atom. The van der Waals surface area contributed by atoms with Crippen molar-refractivity contribution in [2.75, 3.05) is 37.4 Å². The number of hydrogen-bond donors (Lipinski definition) is 1. The number of hydrogen-bond acceptors (Lipinski definition) is 4. The van der Waals surface area contributed by atoms with Crippen LogP contribution < -0.4 is 10.2 Å². The second-order valence-electron chi connectivity index (χ2n) is 7.04. The molecule has 132 valence electrons. The highest BCUT2D eigenvalue weighted by Crippen LogP contribution is 2.33. The van der Waals surface area contributed by atoms with Gasteiger partial charge in [-0.1, -0.05) is 37.3 Å². The van der Waals surface area contributed by atoms with E-state index in [0.717, 1.165) is 25.2 Å². The van der Waals surface area contributed by atoms with Crippen molar-refractivity contribution in [3.8, 4) is 0 Å². The van der Waals surface area contributed by atoms with E-state index in [1.54, 1.807) is 6.07 Å². The SMILES string of the molecule is CN(C)c1cc(NC(=O)N2CCC[C@](C)(c3ccccc3)C2)ncn1. The van der Waals surface area contributed by atoms with Gasteiger partial charge in [0.25, 0.3) is 0 Å². The summed E-state index contributed by atoms with van der Waals surface area (Å²) in [5, 5.41) is 2.91. The van der Waals surface area contributed by atoms with Gasteiger partial charge in [0.15, 0.2) is 0 Å². The van der Waals surface area contributed by atoms with Crippen LogP contribution in [0.3, 0.4) is 0 Å². The summed E-state index contributed by atoms with van der Waals surface area (Å²) in [6.07, 6.45) is 3.54. The van der Waals surface area contributed by atoms with Gasteiger partial charge in [0.2, 0.25) is 0 Å². The zero-order chi connectivity index (χ0) is 17.9. The minimum atomic E-state index is -0.106. The Kier molecular flexibility index (Phi) is 4.88. The molecule has 1 aliphatic heterocycles. The number of likely N-dealkylation sites (tertiary alicyclic amines) is 1. The Bertz CT molecular complexity index is 734. The first kappa shape index (κ1) is 17.2. The van der Waals surface area contributed by atoms with E-state index in [1.165, 1.54) is 11.9 Å². The van der Waals surface area contributed by atoms with Gasteiger partial charge in [-0.3, -0.25) is 5.32 Å². The molecule has 3 rings (SSSR count). The third-order valence-corrected chi connectivity index (χ3v) is 4.80. The number of aromatic nitrogens is 2. The molecular weight excluding hydrogens is 314 g/mol. The molecule has 6 heteroatoms. The lowest BCUT2D eigenvalue weighted by molar-refractivity contribution is 0.167. The first-order valence-corrected chi connectivity index (χ1v) is 8.59. The van der Waals surface area contributed by atoms with Crippen molar-refractivity contribution in [3.63, 3.8) is 0 Å². The number of rotatable bonds is 3. The molecule has 0 spiro atoms. The molecule has 1 atom stereocenters. The van der Waals surface area contributed by atoms with Crippen LogP contribution in [-0.4, -0.2) is 48.1 Å². The second-order valence-corrected chi connectivity index (χ2v) is 7.04. The molecule has 1 aliphatic rings. The monoisotopic (exact) mass is 339 g/mol. The number of anilines is 2. The van der Waals surface area contributed by atoms with Gasteiger partial charge in [-0.15, -0.1) is 0 Å². The van der Waals surface area contributed by atoms with E-state index >= 15 is 0 Å². The lowest BCUT2D eigenvalue weighted by Gasteiger charge is -2.40. The standard InChI is InChI=1S/C19H25N5O/c1-19(15-8-5-4-6-9-15)10-7-11-24(13-19)18(25)22-16-12-17(23(2)3)21-14-20-16/h4-6,8-9,12,14H,7,10-11,13H2,1-3H3,(H,20,21,22,25)/t19-/m0/s1. The zero-order valence-electron chi connectivity index (χ0n) is 15.1. The molecule has 2 heterocycles. The quantitative estimate of drug-likeness (QED) is 0.933. The van der Waals surface area contributed by atoms with Crippen LogP contribution in [0.4, 0.5) is 16.4 Å². The van der Waals surface area contributed by atoms with E-state index in [-0.39, 0.29) is 11.4 Å². The zero-order valence-corrected chi connectivity index (χ0v) is 15.1. The van der Waals surface area contributed by atoms with Crippen molar-refractivity contribution >= 4 is 17.7 Å². The molecule has 6 nitrogen and oxygen atoms in total. The Morgan fingerprint density at radius 2 is 2.00 bits per heavy atom. The topological polar surface area (TPSA) is 61.4 Å². The van der Waals surface area contributed by atoms with Crippen LogP contribution in [0.2, 0.25) is 0 Å². The Morgan fingerprint density at radius 1 is 1.24 bits per heavy atom. The van der Waals surface area contributed by atoms with Crippen LogP contribution in [0.5, 0.6) is 0 Å². The van der Waals surface area contributed by atoms with E-state index in [9.17, 15) is 4.79 Å². The maximum absolute atomic E-state index is 12.7. The van der Waals surface area contributed by atoms with E-state index in [1.807, 2.05) is 30.0 Å². The number of carbonyl (C=O) groups excluding carboxylic acids is 1. The van der Waals surface area contributed by atoms with Gasteiger partial charge >= 0.3 is 6.03 Å². The fraction of sp³-hybridized carbons (Fsp3) is 0.421. The largest absolute Gasteiger partial charge is 0.363 e. The molecule has 0 aliphatic carbocycles. The molecule has 1 saturated heterocycles. The molecule has 2 aromatic rings. The Labute approximate surface area is 148 Å². The fourth-order valence-corrected chi connectivity index (χ4v) is 3.34. The summed E-state index contributed by atoms with van der Waals surface area (Å²) in [6, 6.07) is 12.1. The number of urea groups is 1. The number of piperidine rings is 1. The van der Waals surface area contributed by atoms with Gasteiger partial charge < -0.3 is 9.80 Å². The van der Waals surface area contributed by atoms with Crippen LogP contribution in [0, 0.1) is 0 Å². The number of carbonyl (C=O) groups is 1. The third kappa shape index (κ3) is 3.90. The van der Waals surface area contributed by atoms with Gasteiger partial charge in [-0.05, 0) is 18.4 Å². The molecule has 2 amide bonds. The highest BCUT2D eigenvalue weighted by molar-refractivity contribution is 5.88. The van der Waals surface area contributed by atoms with Crippen molar-refractivity contribution in [2.24, 2.45) is 0 Å². The summed E-state index contributed by atoms with van der Waals surface area (Å²) in [5.74, 6) is 1.29. The molecule has 0 saturated carbocycles. The normalized spacial score (nSPS) is 20.2. The Hall–Kier alpha value is -2.63. The number of benzene rings is 1. The van der Waals surface area contributed by atoms with E-state index in [4.69, 9.17) is 0 Å². The summed E-state index contributed by atoms with van der Waals surface area (Å²) in [4.78, 5) is 24.8. The van der Waals surface area contributed by atoms with E-state index in [0.29, 0.717) is 12.4 Å². The maximum atomic E-state index is 12.7. The average molecular weight is 339 g/mol.